The highest BCUT2D eigenvalue weighted by Crippen LogP contribution is 2.19. The summed E-state index contributed by atoms with van der Waals surface area (Å²) in [6.45, 7) is 4.55. The van der Waals surface area contributed by atoms with E-state index in [0.29, 0.717) is 32.6 Å². The van der Waals surface area contributed by atoms with Gasteiger partial charge in [0.05, 0.1) is 19.8 Å². The Morgan fingerprint density at radius 1 is 1.14 bits per heavy atom. The van der Waals surface area contributed by atoms with Gasteiger partial charge < -0.3 is 19.5 Å². The maximum atomic E-state index is 12.5. The third-order valence-corrected chi connectivity index (χ3v) is 5.00. The fraction of sp³-hybridized carbons (Fsp3) is 0.619. The number of ether oxygens (including phenoxy) is 2. The monoisotopic (exact) mass is 392 g/mol. The van der Waals surface area contributed by atoms with Crippen molar-refractivity contribution < 1.29 is 24.2 Å². The molecule has 1 aromatic carbocycles. The molecule has 1 fully saturated rings. The molecule has 0 spiro atoms. The van der Waals surface area contributed by atoms with Crippen LogP contribution in [0, 0.1) is 0 Å². The minimum absolute atomic E-state index is 0.0432. The molecule has 1 saturated heterocycles. The van der Waals surface area contributed by atoms with Gasteiger partial charge in [-0.3, -0.25) is 14.5 Å². The predicted octanol–water partition coefficient (Wildman–Crippen LogP) is 2.64. The van der Waals surface area contributed by atoms with E-state index in [1.165, 1.54) is 0 Å². The Balaban J connectivity index is 1.67. The molecule has 0 aromatic heterocycles. The lowest BCUT2D eigenvalue weighted by Gasteiger charge is -2.25. The van der Waals surface area contributed by atoms with Crippen LogP contribution in [0.15, 0.2) is 24.3 Å². The molecule has 2 rings (SSSR count). The van der Waals surface area contributed by atoms with E-state index < -0.39 is 5.97 Å². The molecule has 0 radical (unpaired) electrons. The van der Waals surface area contributed by atoms with E-state index in [0.717, 1.165) is 37.3 Å². The first-order valence-electron chi connectivity index (χ1n) is 10.0. The predicted molar refractivity (Wildman–Crippen MR) is 107 cm³/mol. The molecule has 1 amide bonds. The molecule has 0 saturated carbocycles. The second-order valence-corrected chi connectivity index (χ2v) is 7.13. The topological polar surface area (TPSA) is 79.3 Å². The van der Waals surface area contributed by atoms with Gasteiger partial charge in [0.2, 0.25) is 5.91 Å². The zero-order valence-corrected chi connectivity index (χ0v) is 16.9. The average Bonchev–Trinajstić information content (AvgIpc) is 2.92. The lowest BCUT2D eigenvalue weighted by atomic mass is 10.1. The van der Waals surface area contributed by atoms with Gasteiger partial charge in [0, 0.05) is 25.6 Å². The summed E-state index contributed by atoms with van der Waals surface area (Å²) in [4.78, 5) is 27.1. The largest absolute Gasteiger partial charge is 0.494 e. The van der Waals surface area contributed by atoms with Crippen LogP contribution in [0.3, 0.4) is 0 Å². The first-order chi connectivity index (χ1) is 13.5. The lowest BCUT2D eigenvalue weighted by molar-refractivity contribution is -0.138. The summed E-state index contributed by atoms with van der Waals surface area (Å²) in [6.07, 6.45) is 3.78. The smallest absolute Gasteiger partial charge is 0.317 e. The van der Waals surface area contributed by atoms with Crippen molar-refractivity contribution in [2.24, 2.45) is 0 Å². The van der Waals surface area contributed by atoms with E-state index in [1.807, 2.05) is 48.0 Å². The molecule has 1 aliphatic heterocycles. The summed E-state index contributed by atoms with van der Waals surface area (Å²) in [5.74, 6) is 0.928. The standard InChI is InChI=1S/C21H32N2O5/c1-3-27-18-8-10-19(11-9-18)28-15-5-7-20(24)23-13-4-6-17(12-14-23)22(2)16-21(25)26/h8-11,17H,3-7,12-16H2,1-2H3,(H,25,26). The van der Waals surface area contributed by atoms with Crippen molar-refractivity contribution in [2.45, 2.75) is 45.1 Å². The molecule has 1 aromatic rings. The maximum Gasteiger partial charge on any atom is 0.317 e. The van der Waals surface area contributed by atoms with Gasteiger partial charge in [-0.15, -0.1) is 0 Å². The van der Waals surface area contributed by atoms with E-state index in [4.69, 9.17) is 14.6 Å². The summed E-state index contributed by atoms with van der Waals surface area (Å²) in [5, 5.41) is 8.94. The van der Waals surface area contributed by atoms with Crippen LogP contribution in [0.25, 0.3) is 0 Å². The first kappa shape index (κ1) is 22.0. The van der Waals surface area contributed by atoms with Crippen LogP contribution in [0.2, 0.25) is 0 Å². The summed E-state index contributed by atoms with van der Waals surface area (Å²) in [5.41, 5.74) is 0. The quantitative estimate of drug-likeness (QED) is 0.617. The van der Waals surface area contributed by atoms with Gasteiger partial charge in [-0.1, -0.05) is 0 Å². The van der Waals surface area contributed by atoms with Crippen LogP contribution < -0.4 is 9.47 Å². The lowest BCUT2D eigenvalue weighted by Crippen LogP contribution is -2.37. The Labute approximate surface area is 167 Å². The van der Waals surface area contributed by atoms with Gasteiger partial charge in [0.25, 0.3) is 0 Å². The van der Waals surface area contributed by atoms with Crippen LogP contribution in [0.1, 0.15) is 39.0 Å². The summed E-state index contributed by atoms with van der Waals surface area (Å²) < 4.78 is 11.1. The molecule has 28 heavy (non-hydrogen) atoms. The normalized spacial score (nSPS) is 17.2. The summed E-state index contributed by atoms with van der Waals surface area (Å²) >= 11 is 0. The fourth-order valence-corrected chi connectivity index (χ4v) is 3.48. The highest BCUT2D eigenvalue weighted by molar-refractivity contribution is 5.76. The molecule has 1 atom stereocenters. The van der Waals surface area contributed by atoms with Crippen LogP contribution in [-0.4, -0.2) is 72.7 Å². The van der Waals surface area contributed by atoms with Gasteiger partial charge in [-0.2, -0.15) is 0 Å². The third-order valence-electron chi connectivity index (χ3n) is 5.00. The third kappa shape index (κ3) is 7.38. The molecule has 0 aliphatic carbocycles. The Kier molecular flexibility index (Phi) is 9.07. The highest BCUT2D eigenvalue weighted by Gasteiger charge is 2.23. The molecule has 1 unspecified atom stereocenters. The van der Waals surface area contributed by atoms with Gasteiger partial charge >= 0.3 is 5.97 Å². The maximum absolute atomic E-state index is 12.5. The molecule has 7 nitrogen and oxygen atoms in total. The molecule has 1 N–H and O–H groups in total. The van der Waals surface area contributed by atoms with Crippen molar-refractivity contribution in [3.05, 3.63) is 24.3 Å². The summed E-state index contributed by atoms with van der Waals surface area (Å²) in [7, 11) is 1.84. The molecule has 156 valence electrons. The number of carboxylic acids is 1. The van der Waals surface area contributed by atoms with Gasteiger partial charge in [-0.05, 0) is 63.9 Å². The van der Waals surface area contributed by atoms with Crippen LogP contribution in [0.4, 0.5) is 0 Å². The van der Waals surface area contributed by atoms with Crippen LogP contribution in [-0.2, 0) is 9.59 Å². The van der Waals surface area contributed by atoms with E-state index in [9.17, 15) is 9.59 Å². The minimum Gasteiger partial charge on any atom is -0.494 e. The number of hydrogen-bond donors (Lipinski definition) is 1. The Bertz CT molecular complexity index is 620. The minimum atomic E-state index is -0.813. The van der Waals surface area contributed by atoms with Crippen molar-refractivity contribution in [2.75, 3.05) is 39.9 Å². The highest BCUT2D eigenvalue weighted by atomic mass is 16.5. The van der Waals surface area contributed by atoms with Crippen molar-refractivity contribution in [1.29, 1.82) is 0 Å². The number of likely N-dealkylation sites (N-methyl/N-ethyl adjacent to an activating group) is 1. The number of carboxylic acid groups (broad SMARTS) is 1. The Morgan fingerprint density at radius 2 is 1.82 bits per heavy atom. The molecule has 7 heteroatoms. The fourth-order valence-electron chi connectivity index (χ4n) is 3.48. The number of likely N-dealkylation sites (tertiary alicyclic amines) is 1. The number of aliphatic carboxylic acids is 1. The zero-order chi connectivity index (χ0) is 20.4. The number of hydrogen-bond acceptors (Lipinski definition) is 5. The molecular weight excluding hydrogens is 360 g/mol. The molecular formula is C21H32N2O5. The number of amides is 1. The molecule has 1 aliphatic rings. The second-order valence-electron chi connectivity index (χ2n) is 7.13. The number of rotatable bonds is 10. The second kappa shape index (κ2) is 11.5. The van der Waals surface area contributed by atoms with E-state index in [1.54, 1.807) is 0 Å². The molecule has 1 heterocycles. The number of carbonyl (C=O) groups is 2. The Hall–Kier alpha value is -2.28. The number of benzene rings is 1. The van der Waals surface area contributed by atoms with Gasteiger partial charge in [-0.25, -0.2) is 0 Å². The first-order valence-corrected chi connectivity index (χ1v) is 10.0. The van der Waals surface area contributed by atoms with Crippen molar-refractivity contribution in [3.63, 3.8) is 0 Å². The zero-order valence-electron chi connectivity index (χ0n) is 16.9. The summed E-state index contributed by atoms with van der Waals surface area (Å²) in [6, 6.07) is 7.71. The van der Waals surface area contributed by atoms with E-state index in [2.05, 4.69) is 0 Å². The van der Waals surface area contributed by atoms with Crippen molar-refractivity contribution in [1.82, 2.24) is 9.80 Å². The van der Waals surface area contributed by atoms with Crippen molar-refractivity contribution in [3.8, 4) is 11.5 Å². The molecule has 0 bridgehead atoms. The van der Waals surface area contributed by atoms with Crippen molar-refractivity contribution >= 4 is 11.9 Å². The SMILES string of the molecule is CCOc1ccc(OCCCC(=O)N2CCCC(N(C)CC(=O)O)CC2)cc1. The van der Waals surface area contributed by atoms with Crippen LogP contribution in [0.5, 0.6) is 11.5 Å². The number of carbonyl (C=O) groups excluding carboxylic acids is 1. The van der Waals surface area contributed by atoms with Gasteiger partial charge in [0.1, 0.15) is 11.5 Å². The van der Waals surface area contributed by atoms with Crippen LogP contribution >= 0.6 is 0 Å². The average molecular weight is 392 g/mol. The van der Waals surface area contributed by atoms with Gasteiger partial charge in [0.15, 0.2) is 0 Å². The number of nitrogens with zero attached hydrogens (tertiary/aromatic N) is 2. The van der Waals surface area contributed by atoms with E-state index >= 15 is 0 Å². The Morgan fingerprint density at radius 3 is 2.46 bits per heavy atom. The van der Waals surface area contributed by atoms with E-state index in [-0.39, 0.29) is 18.5 Å².